The fraction of sp³-hybridized carbons (Fsp3) is 0.200. The molecule has 1 aromatic carbocycles. The number of benzene rings is 1. The van der Waals surface area contributed by atoms with Gasteiger partial charge in [-0.1, -0.05) is 30.3 Å². The molecule has 0 fully saturated rings. The first-order valence-electron chi connectivity index (χ1n) is 8.22. The first-order valence-corrected chi connectivity index (χ1v) is 8.22. The minimum absolute atomic E-state index is 0.457. The highest BCUT2D eigenvalue weighted by atomic mass is 16.5. The van der Waals surface area contributed by atoms with Crippen LogP contribution in [-0.4, -0.2) is 16.0 Å². The largest absolute Gasteiger partial charge is 0.425 e. The molecule has 120 valence electrons. The number of ether oxygens (including phenoxy) is 1. The molecule has 4 heteroatoms. The Balaban J connectivity index is 1.97. The van der Waals surface area contributed by atoms with Crippen molar-refractivity contribution in [2.75, 3.05) is 0 Å². The van der Waals surface area contributed by atoms with E-state index in [1.54, 1.807) is 12.4 Å². The SMILES string of the molecule is O=COc1cnccc1-n1c(-c2ccccc2)cc2c1CCCC2. The number of fused-ring (bicyclic) bond motifs is 1. The van der Waals surface area contributed by atoms with Crippen LogP contribution in [0.2, 0.25) is 0 Å². The van der Waals surface area contributed by atoms with Crippen molar-refractivity contribution in [3.8, 4) is 22.7 Å². The Labute approximate surface area is 140 Å². The molecule has 0 atom stereocenters. The van der Waals surface area contributed by atoms with Crippen LogP contribution in [0.4, 0.5) is 0 Å². The summed E-state index contributed by atoms with van der Waals surface area (Å²) < 4.78 is 7.41. The standard InChI is InChI=1S/C20H18N2O2/c23-14-24-20-13-21-11-10-18(20)22-17-9-5-4-8-16(17)12-19(22)15-6-2-1-3-7-15/h1-3,6-7,10-14H,4-5,8-9H2. The van der Waals surface area contributed by atoms with E-state index in [2.05, 4.69) is 27.8 Å². The van der Waals surface area contributed by atoms with Crippen LogP contribution >= 0.6 is 0 Å². The van der Waals surface area contributed by atoms with Crippen molar-refractivity contribution in [3.05, 3.63) is 66.1 Å². The van der Waals surface area contributed by atoms with E-state index in [-0.39, 0.29) is 0 Å². The zero-order valence-corrected chi connectivity index (χ0v) is 13.3. The zero-order chi connectivity index (χ0) is 16.4. The molecule has 0 radical (unpaired) electrons. The average Bonchev–Trinajstić information content (AvgIpc) is 3.03. The Morgan fingerprint density at radius 1 is 1.08 bits per heavy atom. The first kappa shape index (κ1) is 14.7. The molecule has 1 aliphatic carbocycles. The summed E-state index contributed by atoms with van der Waals surface area (Å²) in [6.45, 7) is 0.457. The van der Waals surface area contributed by atoms with Crippen molar-refractivity contribution in [1.82, 2.24) is 9.55 Å². The van der Waals surface area contributed by atoms with Crippen LogP contribution in [-0.2, 0) is 17.6 Å². The predicted molar refractivity (Wildman–Crippen MR) is 92.3 cm³/mol. The molecule has 2 aromatic heterocycles. The van der Waals surface area contributed by atoms with Crippen LogP contribution in [0.5, 0.6) is 5.75 Å². The van der Waals surface area contributed by atoms with Gasteiger partial charge in [-0.15, -0.1) is 0 Å². The van der Waals surface area contributed by atoms with Crippen LogP contribution in [0.1, 0.15) is 24.1 Å². The van der Waals surface area contributed by atoms with E-state index in [9.17, 15) is 4.79 Å². The number of pyridine rings is 1. The second-order valence-electron chi connectivity index (χ2n) is 5.97. The van der Waals surface area contributed by atoms with Crippen molar-refractivity contribution >= 4 is 6.47 Å². The number of aromatic nitrogens is 2. The molecule has 4 rings (SSSR count). The third-order valence-corrected chi connectivity index (χ3v) is 4.55. The molecule has 1 aliphatic rings. The predicted octanol–water partition coefficient (Wildman–Crippen LogP) is 3.95. The fourth-order valence-corrected chi connectivity index (χ4v) is 3.50. The molecule has 4 nitrogen and oxygen atoms in total. The summed E-state index contributed by atoms with van der Waals surface area (Å²) in [7, 11) is 0. The molecule has 0 unspecified atom stereocenters. The molecule has 0 N–H and O–H groups in total. The maximum absolute atomic E-state index is 10.9. The average molecular weight is 318 g/mol. The number of aryl methyl sites for hydroxylation is 1. The highest BCUT2D eigenvalue weighted by Crippen LogP contribution is 2.36. The number of carbonyl (C=O) groups is 1. The summed E-state index contributed by atoms with van der Waals surface area (Å²) in [5.41, 5.74) is 5.83. The van der Waals surface area contributed by atoms with Crippen molar-refractivity contribution in [1.29, 1.82) is 0 Å². The second kappa shape index (κ2) is 6.32. The van der Waals surface area contributed by atoms with Gasteiger partial charge >= 0.3 is 0 Å². The van der Waals surface area contributed by atoms with E-state index in [0.29, 0.717) is 12.2 Å². The Kier molecular flexibility index (Phi) is 3.87. The Bertz CT molecular complexity index is 869. The highest BCUT2D eigenvalue weighted by molar-refractivity contribution is 5.68. The maximum atomic E-state index is 10.9. The van der Waals surface area contributed by atoms with E-state index in [4.69, 9.17) is 4.74 Å². The lowest BCUT2D eigenvalue weighted by molar-refractivity contribution is -0.120. The molecule has 2 heterocycles. The van der Waals surface area contributed by atoms with Crippen LogP contribution in [0, 0.1) is 0 Å². The van der Waals surface area contributed by atoms with Gasteiger partial charge in [-0.25, -0.2) is 0 Å². The van der Waals surface area contributed by atoms with Gasteiger partial charge < -0.3 is 9.30 Å². The summed E-state index contributed by atoms with van der Waals surface area (Å²) >= 11 is 0. The molecular formula is C20H18N2O2. The summed E-state index contributed by atoms with van der Waals surface area (Å²) in [6.07, 6.45) is 7.85. The number of carbonyl (C=O) groups excluding carboxylic acids is 1. The van der Waals surface area contributed by atoms with E-state index in [1.165, 1.54) is 24.1 Å². The van der Waals surface area contributed by atoms with Crippen LogP contribution in [0.25, 0.3) is 16.9 Å². The minimum Gasteiger partial charge on any atom is -0.425 e. The topological polar surface area (TPSA) is 44.1 Å². The summed E-state index contributed by atoms with van der Waals surface area (Å²) in [5.74, 6) is 0.480. The molecule has 3 aromatic rings. The van der Waals surface area contributed by atoms with Gasteiger partial charge in [0.25, 0.3) is 6.47 Å². The highest BCUT2D eigenvalue weighted by Gasteiger charge is 2.22. The normalized spacial score (nSPS) is 13.3. The Hall–Kier alpha value is -2.88. The number of hydrogen-bond donors (Lipinski definition) is 0. The van der Waals surface area contributed by atoms with Crippen LogP contribution in [0.3, 0.4) is 0 Å². The Morgan fingerprint density at radius 3 is 2.75 bits per heavy atom. The third-order valence-electron chi connectivity index (χ3n) is 4.55. The van der Waals surface area contributed by atoms with Gasteiger partial charge in [0, 0.05) is 11.9 Å². The van der Waals surface area contributed by atoms with Crippen LogP contribution in [0.15, 0.2) is 54.9 Å². The smallest absolute Gasteiger partial charge is 0.298 e. The second-order valence-corrected chi connectivity index (χ2v) is 5.97. The zero-order valence-electron chi connectivity index (χ0n) is 13.3. The van der Waals surface area contributed by atoms with E-state index < -0.39 is 0 Å². The van der Waals surface area contributed by atoms with Gasteiger partial charge in [-0.2, -0.15) is 0 Å². The van der Waals surface area contributed by atoms with Crippen molar-refractivity contribution in [3.63, 3.8) is 0 Å². The quantitative estimate of drug-likeness (QED) is 0.684. The molecule has 0 saturated heterocycles. The number of hydrogen-bond acceptors (Lipinski definition) is 3. The van der Waals surface area contributed by atoms with Crippen molar-refractivity contribution in [2.24, 2.45) is 0 Å². The molecule has 0 amide bonds. The van der Waals surface area contributed by atoms with Gasteiger partial charge in [0.05, 0.1) is 17.6 Å². The summed E-state index contributed by atoms with van der Waals surface area (Å²) in [5, 5.41) is 0. The lowest BCUT2D eigenvalue weighted by Crippen LogP contribution is -2.09. The van der Waals surface area contributed by atoms with E-state index in [1.807, 2.05) is 24.3 Å². The molecule has 24 heavy (non-hydrogen) atoms. The maximum Gasteiger partial charge on any atom is 0.298 e. The van der Waals surface area contributed by atoms with Gasteiger partial charge in [-0.05, 0) is 48.9 Å². The lowest BCUT2D eigenvalue weighted by atomic mass is 9.98. The minimum atomic E-state index is 0.457. The Morgan fingerprint density at radius 2 is 1.92 bits per heavy atom. The fourth-order valence-electron chi connectivity index (χ4n) is 3.50. The van der Waals surface area contributed by atoms with Crippen molar-refractivity contribution < 1.29 is 9.53 Å². The first-order chi connectivity index (χ1) is 11.9. The van der Waals surface area contributed by atoms with Crippen molar-refractivity contribution in [2.45, 2.75) is 25.7 Å². The monoisotopic (exact) mass is 318 g/mol. The van der Waals surface area contributed by atoms with Crippen LogP contribution < -0.4 is 4.74 Å². The molecule has 0 bridgehead atoms. The van der Waals surface area contributed by atoms with E-state index >= 15 is 0 Å². The molecule has 0 aliphatic heterocycles. The van der Waals surface area contributed by atoms with Gasteiger partial charge in [0.15, 0.2) is 5.75 Å². The lowest BCUT2D eigenvalue weighted by Gasteiger charge is -2.18. The third kappa shape index (κ3) is 2.50. The van der Waals surface area contributed by atoms with Gasteiger partial charge in [-0.3, -0.25) is 9.78 Å². The number of nitrogens with zero attached hydrogens (tertiary/aromatic N) is 2. The van der Waals surface area contributed by atoms with Gasteiger partial charge in [0.2, 0.25) is 0 Å². The summed E-state index contributed by atoms with van der Waals surface area (Å²) in [6, 6.07) is 14.5. The van der Waals surface area contributed by atoms with E-state index in [0.717, 1.165) is 29.8 Å². The van der Waals surface area contributed by atoms with Gasteiger partial charge in [0.1, 0.15) is 0 Å². The summed E-state index contributed by atoms with van der Waals surface area (Å²) in [4.78, 5) is 15.0. The number of rotatable bonds is 4. The molecule has 0 spiro atoms. The molecule has 0 saturated carbocycles. The molecular weight excluding hydrogens is 300 g/mol.